The van der Waals surface area contributed by atoms with Crippen molar-refractivity contribution in [1.29, 1.82) is 0 Å². The van der Waals surface area contributed by atoms with Gasteiger partial charge >= 0.3 is 0 Å². The van der Waals surface area contributed by atoms with Crippen molar-refractivity contribution in [2.75, 3.05) is 0 Å². The molecule has 0 N–H and O–H groups in total. The summed E-state index contributed by atoms with van der Waals surface area (Å²) in [6.07, 6.45) is 28.9. The second-order valence-electron chi connectivity index (χ2n) is 18.7. The van der Waals surface area contributed by atoms with Crippen molar-refractivity contribution in [3.63, 3.8) is 0 Å². The van der Waals surface area contributed by atoms with Crippen LogP contribution in [-0.2, 0) is 12.8 Å². The summed E-state index contributed by atoms with van der Waals surface area (Å²) in [5, 5.41) is 0. The maximum absolute atomic E-state index is 3.66. The van der Waals surface area contributed by atoms with E-state index in [4.69, 9.17) is 0 Å². The van der Waals surface area contributed by atoms with E-state index in [9.17, 15) is 0 Å². The maximum Gasteiger partial charge on any atom is 0.129 e. The molecule has 3 aromatic rings. The lowest BCUT2D eigenvalue weighted by Gasteiger charge is -2.12. The lowest BCUT2D eigenvalue weighted by Crippen LogP contribution is -2.16. The highest BCUT2D eigenvalue weighted by molar-refractivity contribution is 6.84. The molecule has 0 amide bonds. The van der Waals surface area contributed by atoms with E-state index in [1.54, 1.807) is 0 Å². The van der Waals surface area contributed by atoms with Crippen LogP contribution in [0.15, 0.2) is 60.7 Å². The SMILES string of the molecule is CCCCCCCCCCCCc1cc(C#Cc2ccc(C#C[Si](C)(C)C)cc2)c(CCCCCCCCCCCC)cc1C#Cc1ccc(C#C[Si](C)(C)C)cc1. The Morgan fingerprint density at radius 3 is 0.862 bits per heavy atom. The van der Waals surface area contributed by atoms with Crippen LogP contribution < -0.4 is 0 Å². The van der Waals surface area contributed by atoms with E-state index in [-0.39, 0.29) is 0 Å². The molecule has 58 heavy (non-hydrogen) atoms. The minimum atomic E-state index is -1.42. The third-order valence-corrected chi connectivity index (χ3v) is 12.3. The summed E-state index contributed by atoms with van der Waals surface area (Å²) in [5.41, 5.74) is 16.3. The fourth-order valence-corrected chi connectivity index (χ4v) is 8.05. The molecule has 0 aromatic heterocycles. The fraction of sp³-hybridized carbons (Fsp3) is 0.536. The molecule has 0 atom stereocenters. The molecule has 0 aliphatic heterocycles. The minimum Gasteiger partial charge on any atom is -0.127 e. The first kappa shape index (κ1) is 48.7. The van der Waals surface area contributed by atoms with Crippen LogP contribution in [0.4, 0.5) is 0 Å². The van der Waals surface area contributed by atoms with E-state index >= 15 is 0 Å². The summed E-state index contributed by atoms with van der Waals surface area (Å²) in [4.78, 5) is 0. The molecule has 3 rings (SSSR count). The highest BCUT2D eigenvalue weighted by Crippen LogP contribution is 2.23. The number of unbranched alkanes of at least 4 members (excludes halogenated alkanes) is 18. The van der Waals surface area contributed by atoms with Gasteiger partial charge in [-0.25, -0.2) is 0 Å². The molecule has 0 radical (unpaired) electrons. The van der Waals surface area contributed by atoms with Gasteiger partial charge in [-0.1, -0.05) is 204 Å². The zero-order chi connectivity index (χ0) is 41.9. The van der Waals surface area contributed by atoms with Crippen LogP contribution in [0.25, 0.3) is 0 Å². The van der Waals surface area contributed by atoms with Gasteiger partial charge in [-0.05, 0) is 97.5 Å². The molecular formula is C56H78Si2. The average Bonchev–Trinajstić information content (AvgIpc) is 3.20. The lowest BCUT2D eigenvalue weighted by molar-refractivity contribution is 0.555. The Labute approximate surface area is 360 Å². The fourth-order valence-electron chi connectivity index (χ4n) is 7.01. The summed E-state index contributed by atoms with van der Waals surface area (Å²) in [6.45, 7) is 18.3. The highest BCUT2D eigenvalue weighted by atomic mass is 28.3. The minimum absolute atomic E-state index is 1.04. The molecule has 0 aliphatic carbocycles. The molecule has 0 saturated heterocycles. The van der Waals surface area contributed by atoms with Gasteiger partial charge in [0.15, 0.2) is 0 Å². The van der Waals surface area contributed by atoms with Crippen LogP contribution in [0, 0.1) is 46.6 Å². The molecule has 0 nitrogen and oxygen atoms in total. The molecule has 310 valence electrons. The van der Waals surface area contributed by atoms with Crippen LogP contribution in [0.2, 0.25) is 39.3 Å². The lowest BCUT2D eigenvalue weighted by atomic mass is 9.92. The molecular weight excluding hydrogens is 729 g/mol. The van der Waals surface area contributed by atoms with Crippen molar-refractivity contribution in [3.05, 3.63) is 105 Å². The highest BCUT2D eigenvalue weighted by Gasteiger charge is 2.11. The van der Waals surface area contributed by atoms with Gasteiger partial charge in [-0.2, -0.15) is 0 Å². The number of hydrogen-bond acceptors (Lipinski definition) is 0. The van der Waals surface area contributed by atoms with E-state index in [2.05, 4.69) is 160 Å². The summed E-state index contributed by atoms with van der Waals surface area (Å²) < 4.78 is 0. The second kappa shape index (κ2) is 27.9. The number of benzene rings is 3. The monoisotopic (exact) mass is 807 g/mol. The first-order valence-electron chi connectivity index (χ1n) is 23.4. The molecule has 0 unspecified atom stereocenters. The van der Waals surface area contributed by atoms with Crippen molar-refractivity contribution in [3.8, 4) is 46.6 Å². The Balaban J connectivity index is 1.87. The van der Waals surface area contributed by atoms with Crippen molar-refractivity contribution in [1.82, 2.24) is 0 Å². The van der Waals surface area contributed by atoms with Gasteiger partial charge in [0.25, 0.3) is 0 Å². The van der Waals surface area contributed by atoms with E-state index in [0.29, 0.717) is 0 Å². The standard InChI is InChI=1S/C56H78Si2/c1-9-11-13-15-17-19-21-23-25-27-29-53-47-56(42-40-50-33-37-52(38-34-50)44-46-58(6,7)8)54(30-28-26-24-22-20-18-16-14-12-10-2)48-55(53)41-39-49-31-35-51(36-32-49)43-45-57(3,4)5/h31-38,47-48H,9-30H2,1-8H3. The Bertz CT molecular complexity index is 1730. The first-order valence-corrected chi connectivity index (χ1v) is 30.4. The topological polar surface area (TPSA) is 0 Å². The molecule has 0 fully saturated rings. The number of hydrogen-bond donors (Lipinski definition) is 0. The molecule has 0 saturated carbocycles. The zero-order valence-corrected chi connectivity index (χ0v) is 40.3. The van der Waals surface area contributed by atoms with Crippen molar-refractivity contribution < 1.29 is 0 Å². The van der Waals surface area contributed by atoms with Crippen molar-refractivity contribution >= 4 is 16.1 Å². The third-order valence-electron chi connectivity index (χ3n) is 10.5. The van der Waals surface area contributed by atoms with Gasteiger partial charge in [0.2, 0.25) is 0 Å². The Hall–Kier alpha value is -3.67. The van der Waals surface area contributed by atoms with Gasteiger partial charge in [-0.15, -0.1) is 11.1 Å². The number of aryl methyl sites for hydroxylation is 2. The van der Waals surface area contributed by atoms with Gasteiger partial charge in [0.1, 0.15) is 16.1 Å². The normalized spacial score (nSPS) is 11.0. The first-order chi connectivity index (χ1) is 28.0. The van der Waals surface area contributed by atoms with E-state index in [0.717, 1.165) is 35.1 Å². The number of rotatable bonds is 22. The molecule has 0 spiro atoms. The summed E-state index contributed by atoms with van der Waals surface area (Å²) in [7, 11) is -2.84. The van der Waals surface area contributed by atoms with Gasteiger partial charge < -0.3 is 0 Å². The van der Waals surface area contributed by atoms with Crippen LogP contribution in [0.3, 0.4) is 0 Å². The van der Waals surface area contributed by atoms with E-state index < -0.39 is 16.1 Å². The van der Waals surface area contributed by atoms with Gasteiger partial charge in [0, 0.05) is 33.4 Å². The molecule has 0 aliphatic rings. The predicted molar refractivity (Wildman–Crippen MR) is 263 cm³/mol. The van der Waals surface area contributed by atoms with Gasteiger partial charge in [-0.3, -0.25) is 0 Å². The van der Waals surface area contributed by atoms with E-state index in [1.165, 1.54) is 151 Å². The largest absolute Gasteiger partial charge is 0.129 e. The van der Waals surface area contributed by atoms with Crippen molar-refractivity contribution in [2.45, 2.75) is 194 Å². The Morgan fingerprint density at radius 2 is 0.586 bits per heavy atom. The average molecular weight is 807 g/mol. The molecule has 0 bridgehead atoms. The Morgan fingerprint density at radius 1 is 0.328 bits per heavy atom. The summed E-state index contributed by atoms with van der Waals surface area (Å²) >= 11 is 0. The molecule has 0 heterocycles. The van der Waals surface area contributed by atoms with Crippen LogP contribution >= 0.6 is 0 Å². The van der Waals surface area contributed by atoms with Crippen molar-refractivity contribution in [2.24, 2.45) is 0 Å². The predicted octanol–water partition coefficient (Wildman–Crippen LogP) is 15.9. The maximum atomic E-state index is 3.66. The smallest absolute Gasteiger partial charge is 0.127 e. The van der Waals surface area contributed by atoms with Gasteiger partial charge in [0.05, 0.1) is 0 Å². The Kier molecular flexibility index (Phi) is 23.4. The van der Waals surface area contributed by atoms with Crippen LogP contribution in [0.1, 0.15) is 187 Å². The third kappa shape index (κ3) is 22.5. The zero-order valence-electron chi connectivity index (χ0n) is 38.3. The molecule has 2 heteroatoms. The second-order valence-corrected chi connectivity index (χ2v) is 28.2. The molecule has 3 aromatic carbocycles. The summed E-state index contributed by atoms with van der Waals surface area (Å²) in [6, 6.07) is 21.9. The summed E-state index contributed by atoms with van der Waals surface area (Å²) in [5.74, 6) is 21.2. The van der Waals surface area contributed by atoms with E-state index in [1.807, 2.05) is 0 Å². The van der Waals surface area contributed by atoms with Crippen LogP contribution in [-0.4, -0.2) is 16.1 Å². The van der Waals surface area contributed by atoms with Crippen LogP contribution in [0.5, 0.6) is 0 Å². The quantitative estimate of drug-likeness (QED) is 0.0539.